The third-order valence-corrected chi connectivity index (χ3v) is 3.57. The lowest BCUT2D eigenvalue weighted by atomic mass is 10.0. The smallest absolute Gasteiger partial charge is 0.162 e. The van der Waals surface area contributed by atoms with E-state index in [0.29, 0.717) is 0 Å². The highest BCUT2D eigenvalue weighted by Gasteiger charge is 2.11. The van der Waals surface area contributed by atoms with Gasteiger partial charge in [0.1, 0.15) is 5.82 Å². The minimum Gasteiger partial charge on any atom is -0.370 e. The van der Waals surface area contributed by atoms with E-state index in [0.717, 1.165) is 47.8 Å². The van der Waals surface area contributed by atoms with E-state index in [-0.39, 0.29) is 0 Å². The molecule has 2 rings (SSSR count). The maximum atomic E-state index is 4.73. The van der Waals surface area contributed by atoms with Crippen molar-refractivity contribution in [3.8, 4) is 11.4 Å². The van der Waals surface area contributed by atoms with Crippen molar-refractivity contribution in [3.63, 3.8) is 0 Å². The van der Waals surface area contributed by atoms with Crippen LogP contribution in [0.15, 0.2) is 24.3 Å². The fourth-order valence-corrected chi connectivity index (χ4v) is 2.21. The predicted molar refractivity (Wildman–Crippen MR) is 85.1 cm³/mol. The fourth-order valence-electron chi connectivity index (χ4n) is 2.21. The van der Waals surface area contributed by atoms with Crippen molar-refractivity contribution < 1.29 is 0 Å². The highest BCUT2D eigenvalue weighted by atomic mass is 15.0. The number of nitrogens with one attached hydrogen (secondary N) is 1. The van der Waals surface area contributed by atoms with Crippen LogP contribution < -0.4 is 5.32 Å². The van der Waals surface area contributed by atoms with Crippen molar-refractivity contribution in [2.24, 2.45) is 0 Å². The van der Waals surface area contributed by atoms with Gasteiger partial charge in [-0.3, -0.25) is 0 Å². The van der Waals surface area contributed by atoms with Gasteiger partial charge in [-0.25, -0.2) is 9.97 Å². The van der Waals surface area contributed by atoms with Crippen molar-refractivity contribution in [1.82, 2.24) is 9.97 Å². The number of benzene rings is 1. The number of aryl methyl sites for hydroxylation is 2. The van der Waals surface area contributed by atoms with E-state index in [9.17, 15) is 0 Å². The number of rotatable bonds is 5. The molecule has 0 atom stereocenters. The molecule has 0 aliphatic carbocycles. The van der Waals surface area contributed by atoms with Gasteiger partial charge < -0.3 is 5.32 Å². The molecular formula is C17H23N3. The van der Waals surface area contributed by atoms with Gasteiger partial charge in [-0.05, 0) is 32.3 Å². The van der Waals surface area contributed by atoms with Gasteiger partial charge in [0.25, 0.3) is 0 Å². The molecule has 106 valence electrons. The summed E-state index contributed by atoms with van der Waals surface area (Å²) >= 11 is 0. The molecule has 0 bridgehead atoms. The lowest BCUT2D eigenvalue weighted by molar-refractivity contribution is 0.953. The molecule has 0 aliphatic heterocycles. The lowest BCUT2D eigenvalue weighted by Crippen LogP contribution is -2.08. The van der Waals surface area contributed by atoms with E-state index >= 15 is 0 Å². The molecule has 0 aliphatic rings. The van der Waals surface area contributed by atoms with Crippen LogP contribution in [-0.2, 0) is 6.42 Å². The fraction of sp³-hybridized carbons (Fsp3) is 0.412. The van der Waals surface area contributed by atoms with Crippen molar-refractivity contribution >= 4 is 5.82 Å². The van der Waals surface area contributed by atoms with E-state index in [1.54, 1.807) is 0 Å². The Labute approximate surface area is 121 Å². The normalized spacial score (nSPS) is 10.6. The Morgan fingerprint density at radius 2 is 1.80 bits per heavy atom. The Morgan fingerprint density at radius 3 is 2.50 bits per heavy atom. The summed E-state index contributed by atoms with van der Waals surface area (Å²) in [6, 6.07) is 8.37. The number of hydrogen-bond donors (Lipinski definition) is 1. The summed E-state index contributed by atoms with van der Waals surface area (Å²) in [5.41, 5.74) is 4.60. The zero-order valence-electron chi connectivity index (χ0n) is 12.8. The number of aromatic nitrogens is 2. The largest absolute Gasteiger partial charge is 0.370 e. The van der Waals surface area contributed by atoms with Crippen molar-refractivity contribution in [2.75, 3.05) is 11.9 Å². The second-order valence-electron chi connectivity index (χ2n) is 5.04. The van der Waals surface area contributed by atoms with Crippen LogP contribution in [0.3, 0.4) is 0 Å². The predicted octanol–water partition coefficient (Wildman–Crippen LogP) is 4.14. The van der Waals surface area contributed by atoms with Crippen LogP contribution in [0, 0.1) is 13.8 Å². The number of nitrogens with zero attached hydrogens (tertiary/aromatic N) is 2. The Bertz CT molecular complexity index is 591. The molecule has 0 unspecified atom stereocenters. The first-order chi connectivity index (χ1) is 9.67. The molecule has 0 radical (unpaired) electrons. The summed E-state index contributed by atoms with van der Waals surface area (Å²) in [5, 5.41) is 3.40. The standard InChI is InChI=1S/C17H23N3/c1-5-11-18-16-12(3)13(4)19-17(20-16)15-10-8-7-9-14(15)6-2/h7-10H,5-6,11H2,1-4H3,(H,18,19,20). The molecule has 1 heterocycles. The van der Waals surface area contributed by atoms with E-state index in [2.05, 4.69) is 49.3 Å². The first-order valence-electron chi connectivity index (χ1n) is 7.34. The van der Waals surface area contributed by atoms with Crippen LogP contribution in [-0.4, -0.2) is 16.5 Å². The first kappa shape index (κ1) is 14.5. The summed E-state index contributed by atoms with van der Waals surface area (Å²) in [7, 11) is 0. The Morgan fingerprint density at radius 1 is 1.05 bits per heavy atom. The third kappa shape index (κ3) is 2.98. The highest BCUT2D eigenvalue weighted by molar-refractivity contribution is 5.63. The molecule has 1 aromatic carbocycles. The average Bonchev–Trinajstić information content (AvgIpc) is 2.48. The van der Waals surface area contributed by atoms with E-state index in [1.165, 1.54) is 5.56 Å². The van der Waals surface area contributed by atoms with Gasteiger partial charge >= 0.3 is 0 Å². The molecule has 0 saturated carbocycles. The van der Waals surface area contributed by atoms with E-state index < -0.39 is 0 Å². The van der Waals surface area contributed by atoms with Crippen LogP contribution >= 0.6 is 0 Å². The molecule has 2 aromatic rings. The molecular weight excluding hydrogens is 246 g/mol. The molecule has 0 amide bonds. The minimum absolute atomic E-state index is 0.823. The molecule has 1 N–H and O–H groups in total. The van der Waals surface area contributed by atoms with Crippen LogP contribution in [0.1, 0.15) is 37.1 Å². The Hall–Kier alpha value is -1.90. The van der Waals surface area contributed by atoms with Gasteiger partial charge in [-0.15, -0.1) is 0 Å². The summed E-state index contributed by atoms with van der Waals surface area (Å²) in [4.78, 5) is 9.40. The molecule has 20 heavy (non-hydrogen) atoms. The zero-order chi connectivity index (χ0) is 14.5. The van der Waals surface area contributed by atoms with Crippen LogP contribution in [0.2, 0.25) is 0 Å². The summed E-state index contributed by atoms with van der Waals surface area (Å²) in [6.45, 7) is 9.38. The summed E-state index contributed by atoms with van der Waals surface area (Å²) < 4.78 is 0. The van der Waals surface area contributed by atoms with E-state index in [4.69, 9.17) is 4.98 Å². The Balaban J connectivity index is 2.49. The molecule has 0 saturated heterocycles. The van der Waals surface area contributed by atoms with Crippen LogP contribution in [0.4, 0.5) is 5.82 Å². The maximum Gasteiger partial charge on any atom is 0.162 e. The number of anilines is 1. The molecule has 0 fully saturated rings. The quantitative estimate of drug-likeness (QED) is 0.886. The Kier molecular flexibility index (Phi) is 4.72. The summed E-state index contributed by atoms with van der Waals surface area (Å²) in [6.07, 6.45) is 2.08. The number of hydrogen-bond acceptors (Lipinski definition) is 3. The highest BCUT2D eigenvalue weighted by Crippen LogP contribution is 2.24. The SMILES string of the molecule is CCCNc1nc(-c2ccccc2CC)nc(C)c1C. The van der Waals surface area contributed by atoms with Gasteiger partial charge in [-0.1, -0.05) is 38.1 Å². The monoisotopic (exact) mass is 269 g/mol. The molecule has 3 nitrogen and oxygen atoms in total. The topological polar surface area (TPSA) is 37.8 Å². The second kappa shape index (κ2) is 6.51. The maximum absolute atomic E-state index is 4.73. The van der Waals surface area contributed by atoms with Crippen LogP contribution in [0.5, 0.6) is 0 Å². The second-order valence-corrected chi connectivity index (χ2v) is 5.04. The van der Waals surface area contributed by atoms with Gasteiger partial charge in [-0.2, -0.15) is 0 Å². The van der Waals surface area contributed by atoms with Gasteiger partial charge in [0, 0.05) is 23.4 Å². The minimum atomic E-state index is 0.823. The average molecular weight is 269 g/mol. The van der Waals surface area contributed by atoms with Gasteiger partial charge in [0.2, 0.25) is 0 Å². The van der Waals surface area contributed by atoms with Gasteiger partial charge in [0.05, 0.1) is 0 Å². The third-order valence-electron chi connectivity index (χ3n) is 3.57. The van der Waals surface area contributed by atoms with Crippen molar-refractivity contribution in [3.05, 3.63) is 41.1 Å². The van der Waals surface area contributed by atoms with Gasteiger partial charge in [0.15, 0.2) is 5.82 Å². The van der Waals surface area contributed by atoms with Crippen molar-refractivity contribution in [2.45, 2.75) is 40.5 Å². The lowest BCUT2D eigenvalue weighted by Gasteiger charge is -2.13. The molecule has 3 heteroatoms. The van der Waals surface area contributed by atoms with E-state index in [1.807, 2.05) is 13.0 Å². The molecule has 1 aromatic heterocycles. The first-order valence-corrected chi connectivity index (χ1v) is 7.34. The van der Waals surface area contributed by atoms with Crippen LogP contribution in [0.25, 0.3) is 11.4 Å². The summed E-state index contributed by atoms with van der Waals surface area (Å²) in [5.74, 6) is 1.78. The zero-order valence-corrected chi connectivity index (χ0v) is 12.8. The molecule has 0 spiro atoms. The van der Waals surface area contributed by atoms with Crippen molar-refractivity contribution in [1.29, 1.82) is 0 Å².